The number of carbonyl (C=O) groups is 2. The van der Waals surface area contributed by atoms with Gasteiger partial charge in [0, 0.05) is 23.7 Å². The number of nitrogens with one attached hydrogen (secondary N) is 1. The summed E-state index contributed by atoms with van der Waals surface area (Å²) in [5.41, 5.74) is -0.181. The van der Waals surface area contributed by atoms with Crippen LogP contribution in [0.4, 0.5) is 10.5 Å². The number of rotatable bonds is 4. The van der Waals surface area contributed by atoms with Crippen molar-refractivity contribution in [3.05, 3.63) is 24.3 Å². The summed E-state index contributed by atoms with van der Waals surface area (Å²) in [7, 11) is 0. The van der Waals surface area contributed by atoms with E-state index in [-0.39, 0.29) is 5.91 Å². The van der Waals surface area contributed by atoms with Gasteiger partial charge in [-0.3, -0.25) is 4.79 Å². The average Bonchev–Trinajstić information content (AvgIpc) is 2.41. The van der Waals surface area contributed by atoms with Gasteiger partial charge in [-0.25, -0.2) is 4.79 Å². The van der Waals surface area contributed by atoms with E-state index in [0.29, 0.717) is 23.8 Å². The zero-order chi connectivity index (χ0) is 14.4. The standard InChI is InChI=1S/C15H18ClNO3/c16-15(19)20-13-8-6-12(7-9-13)17-14(18)10-11-4-2-1-3-5-11/h6-9,11H,1-5,10H2,(H,17,18). The monoisotopic (exact) mass is 295 g/mol. The molecule has 0 atom stereocenters. The smallest absolute Gasteiger partial charge is 0.409 e. The van der Waals surface area contributed by atoms with Crippen molar-refractivity contribution in [3.63, 3.8) is 0 Å². The summed E-state index contributed by atoms with van der Waals surface area (Å²) in [6.07, 6.45) is 6.64. The van der Waals surface area contributed by atoms with Crippen molar-refractivity contribution in [2.24, 2.45) is 5.92 Å². The van der Waals surface area contributed by atoms with E-state index in [9.17, 15) is 9.59 Å². The van der Waals surface area contributed by atoms with Crippen LogP contribution in [0.3, 0.4) is 0 Å². The first-order valence-electron chi connectivity index (χ1n) is 6.91. The third-order valence-corrected chi connectivity index (χ3v) is 3.61. The summed E-state index contributed by atoms with van der Waals surface area (Å²) in [5, 5.41) is 2.86. The molecule has 0 spiro atoms. The SMILES string of the molecule is O=C(CC1CCCCC1)Nc1ccc(OC(=O)Cl)cc1. The minimum absolute atomic E-state index is 0.0407. The van der Waals surface area contributed by atoms with Crippen LogP contribution in [0.2, 0.25) is 0 Å². The quantitative estimate of drug-likeness (QED) is 0.841. The molecule has 1 aromatic rings. The maximum atomic E-state index is 11.9. The molecule has 0 aliphatic heterocycles. The van der Waals surface area contributed by atoms with Gasteiger partial charge in [0.25, 0.3) is 0 Å². The van der Waals surface area contributed by atoms with Crippen molar-refractivity contribution in [1.29, 1.82) is 0 Å². The Kier molecular flexibility index (Phi) is 5.41. The van der Waals surface area contributed by atoms with E-state index in [0.717, 1.165) is 12.8 Å². The van der Waals surface area contributed by atoms with E-state index in [1.54, 1.807) is 24.3 Å². The lowest BCUT2D eigenvalue weighted by molar-refractivity contribution is -0.117. The fourth-order valence-electron chi connectivity index (χ4n) is 2.56. The Labute approximate surface area is 123 Å². The second-order valence-electron chi connectivity index (χ2n) is 5.12. The van der Waals surface area contributed by atoms with Gasteiger partial charge in [-0.1, -0.05) is 19.3 Å². The summed E-state index contributed by atoms with van der Waals surface area (Å²) in [4.78, 5) is 22.5. The first-order chi connectivity index (χ1) is 9.63. The number of ether oxygens (including phenoxy) is 1. The van der Waals surface area contributed by atoms with Gasteiger partial charge in [0.15, 0.2) is 0 Å². The highest BCUT2D eigenvalue weighted by atomic mass is 35.5. The molecule has 1 fully saturated rings. The van der Waals surface area contributed by atoms with Gasteiger partial charge in [-0.05, 0) is 43.0 Å². The average molecular weight is 296 g/mol. The molecular formula is C15H18ClNO3. The Morgan fingerprint density at radius 1 is 1.15 bits per heavy atom. The molecule has 1 aliphatic rings. The lowest BCUT2D eigenvalue weighted by atomic mass is 9.87. The Morgan fingerprint density at radius 3 is 2.40 bits per heavy atom. The lowest BCUT2D eigenvalue weighted by Gasteiger charge is -2.20. The molecule has 0 unspecified atom stereocenters. The molecule has 0 heterocycles. The fourth-order valence-corrected chi connectivity index (χ4v) is 2.65. The van der Waals surface area contributed by atoms with E-state index < -0.39 is 5.43 Å². The van der Waals surface area contributed by atoms with Gasteiger partial charge in [0.05, 0.1) is 0 Å². The highest BCUT2D eigenvalue weighted by Crippen LogP contribution is 2.26. The van der Waals surface area contributed by atoms with Crippen LogP contribution < -0.4 is 10.1 Å². The molecule has 0 saturated heterocycles. The third-order valence-electron chi connectivity index (χ3n) is 3.53. The highest BCUT2D eigenvalue weighted by Gasteiger charge is 2.17. The molecule has 1 aromatic carbocycles. The first-order valence-corrected chi connectivity index (χ1v) is 7.28. The number of hydrogen-bond donors (Lipinski definition) is 1. The van der Waals surface area contributed by atoms with E-state index >= 15 is 0 Å². The summed E-state index contributed by atoms with van der Waals surface area (Å²) in [6.45, 7) is 0. The first kappa shape index (κ1) is 14.9. The maximum absolute atomic E-state index is 11.9. The molecule has 1 saturated carbocycles. The topological polar surface area (TPSA) is 55.4 Å². The van der Waals surface area contributed by atoms with E-state index in [4.69, 9.17) is 16.3 Å². The van der Waals surface area contributed by atoms with Crippen LogP contribution in [0.15, 0.2) is 24.3 Å². The number of anilines is 1. The second-order valence-corrected chi connectivity index (χ2v) is 5.43. The Morgan fingerprint density at radius 2 is 1.80 bits per heavy atom. The third kappa shape index (κ3) is 4.85. The van der Waals surface area contributed by atoms with Crippen LogP contribution in [-0.4, -0.2) is 11.3 Å². The lowest BCUT2D eigenvalue weighted by Crippen LogP contribution is -2.18. The molecule has 0 radical (unpaired) electrons. The molecule has 1 aliphatic carbocycles. The van der Waals surface area contributed by atoms with Crippen LogP contribution in [0, 0.1) is 5.92 Å². The van der Waals surface area contributed by atoms with Crippen molar-refractivity contribution in [3.8, 4) is 5.75 Å². The summed E-state index contributed by atoms with van der Waals surface area (Å²) >= 11 is 5.11. The molecule has 5 heteroatoms. The fraction of sp³-hybridized carbons (Fsp3) is 0.467. The second kappa shape index (κ2) is 7.29. The van der Waals surface area contributed by atoms with Crippen molar-refractivity contribution in [1.82, 2.24) is 0 Å². The molecule has 1 N–H and O–H groups in total. The van der Waals surface area contributed by atoms with Crippen molar-refractivity contribution >= 4 is 28.6 Å². The number of carbonyl (C=O) groups excluding carboxylic acids is 2. The zero-order valence-corrected chi connectivity index (χ0v) is 12.0. The van der Waals surface area contributed by atoms with Gasteiger partial charge in [-0.15, -0.1) is 0 Å². The van der Waals surface area contributed by atoms with E-state index in [2.05, 4.69) is 5.32 Å². The van der Waals surface area contributed by atoms with Gasteiger partial charge >= 0.3 is 5.43 Å². The van der Waals surface area contributed by atoms with Crippen LogP contribution in [0.25, 0.3) is 0 Å². The van der Waals surface area contributed by atoms with Gasteiger partial charge in [0.1, 0.15) is 5.75 Å². The maximum Gasteiger partial charge on any atom is 0.409 e. The Bertz CT molecular complexity index is 467. The van der Waals surface area contributed by atoms with Crippen LogP contribution in [0.5, 0.6) is 5.75 Å². The summed E-state index contributed by atoms with van der Waals surface area (Å²) < 4.78 is 4.71. The predicted octanol–water partition coefficient (Wildman–Crippen LogP) is 4.33. The number of halogens is 1. The van der Waals surface area contributed by atoms with Crippen molar-refractivity contribution in [2.45, 2.75) is 38.5 Å². The van der Waals surface area contributed by atoms with Crippen LogP contribution >= 0.6 is 11.6 Å². The number of amides is 1. The minimum Gasteiger partial charge on any atom is -0.415 e. The molecule has 2 rings (SSSR count). The summed E-state index contributed by atoms with van der Waals surface area (Å²) in [5.74, 6) is 0.912. The predicted molar refractivity (Wildman–Crippen MR) is 78.1 cm³/mol. The van der Waals surface area contributed by atoms with Crippen molar-refractivity contribution < 1.29 is 14.3 Å². The van der Waals surface area contributed by atoms with Gasteiger partial charge in [-0.2, -0.15) is 0 Å². The Balaban J connectivity index is 1.82. The van der Waals surface area contributed by atoms with Gasteiger partial charge in [0.2, 0.25) is 5.91 Å². The van der Waals surface area contributed by atoms with E-state index in [1.807, 2.05) is 0 Å². The molecular weight excluding hydrogens is 278 g/mol. The Hall–Kier alpha value is -1.55. The molecule has 1 amide bonds. The molecule has 4 nitrogen and oxygen atoms in total. The van der Waals surface area contributed by atoms with Crippen LogP contribution in [0.1, 0.15) is 38.5 Å². The van der Waals surface area contributed by atoms with Gasteiger partial charge < -0.3 is 10.1 Å². The summed E-state index contributed by atoms with van der Waals surface area (Å²) in [6, 6.07) is 6.56. The normalized spacial score (nSPS) is 15.7. The molecule has 20 heavy (non-hydrogen) atoms. The molecule has 0 aromatic heterocycles. The molecule has 108 valence electrons. The van der Waals surface area contributed by atoms with Crippen molar-refractivity contribution in [2.75, 3.05) is 5.32 Å². The van der Waals surface area contributed by atoms with E-state index in [1.165, 1.54) is 19.3 Å². The minimum atomic E-state index is -0.876. The number of hydrogen-bond acceptors (Lipinski definition) is 3. The largest absolute Gasteiger partial charge is 0.415 e. The zero-order valence-electron chi connectivity index (χ0n) is 11.2. The molecule has 0 bridgehead atoms. The number of benzene rings is 1. The highest BCUT2D eigenvalue weighted by molar-refractivity contribution is 6.61. The van der Waals surface area contributed by atoms with Crippen LogP contribution in [-0.2, 0) is 4.79 Å².